The largest absolute Gasteiger partial charge is 0.260 e. The van der Waals surface area contributed by atoms with Crippen LogP contribution in [0.25, 0.3) is 0 Å². The standard InChI is InChI=1S/C10H11BrN2OS/c1-15(14)5-4-8(6-12)9-2-3-10(11)13-7-9/h2-3,7-8H,4-5H2,1H3. The van der Waals surface area contributed by atoms with E-state index in [9.17, 15) is 4.21 Å². The van der Waals surface area contributed by atoms with Crippen molar-refractivity contribution in [3.63, 3.8) is 0 Å². The number of hydrogen-bond donors (Lipinski definition) is 0. The van der Waals surface area contributed by atoms with Gasteiger partial charge in [-0.05, 0) is 34.0 Å². The van der Waals surface area contributed by atoms with Gasteiger partial charge >= 0.3 is 0 Å². The minimum atomic E-state index is -0.847. The molecule has 1 rings (SSSR count). The molecule has 0 radical (unpaired) electrons. The Morgan fingerprint density at radius 2 is 2.40 bits per heavy atom. The van der Waals surface area contributed by atoms with Gasteiger partial charge in [-0.2, -0.15) is 5.26 Å². The summed E-state index contributed by atoms with van der Waals surface area (Å²) < 4.78 is 11.7. The number of nitrogens with zero attached hydrogens (tertiary/aromatic N) is 2. The van der Waals surface area contributed by atoms with Crippen LogP contribution in [-0.2, 0) is 10.8 Å². The molecule has 5 heteroatoms. The number of rotatable bonds is 4. The number of nitriles is 1. The lowest BCUT2D eigenvalue weighted by Gasteiger charge is -2.07. The molecule has 15 heavy (non-hydrogen) atoms. The first kappa shape index (κ1) is 12.3. The van der Waals surface area contributed by atoms with Gasteiger partial charge in [-0.25, -0.2) is 4.98 Å². The summed E-state index contributed by atoms with van der Waals surface area (Å²) in [6, 6.07) is 5.88. The van der Waals surface area contributed by atoms with E-state index in [-0.39, 0.29) is 5.92 Å². The number of aromatic nitrogens is 1. The van der Waals surface area contributed by atoms with Gasteiger partial charge in [0.2, 0.25) is 0 Å². The average Bonchev–Trinajstić information content (AvgIpc) is 2.21. The van der Waals surface area contributed by atoms with Gasteiger partial charge in [-0.1, -0.05) is 6.07 Å². The Hall–Kier alpha value is -0.730. The average molecular weight is 287 g/mol. The van der Waals surface area contributed by atoms with E-state index >= 15 is 0 Å². The van der Waals surface area contributed by atoms with E-state index in [0.29, 0.717) is 12.2 Å². The minimum Gasteiger partial charge on any atom is -0.260 e. The summed E-state index contributed by atoms with van der Waals surface area (Å²) in [5, 5.41) is 8.97. The van der Waals surface area contributed by atoms with Crippen LogP contribution in [0.15, 0.2) is 22.9 Å². The van der Waals surface area contributed by atoms with Crippen molar-refractivity contribution in [2.45, 2.75) is 12.3 Å². The van der Waals surface area contributed by atoms with Crippen LogP contribution in [0.2, 0.25) is 0 Å². The number of hydrogen-bond acceptors (Lipinski definition) is 3. The normalized spacial score (nSPS) is 14.2. The molecule has 80 valence electrons. The first-order chi connectivity index (χ1) is 7.13. The lowest BCUT2D eigenvalue weighted by Crippen LogP contribution is -2.03. The molecule has 1 aromatic heterocycles. The molecule has 0 aliphatic rings. The molecular formula is C10H11BrN2OS. The molecule has 3 nitrogen and oxygen atoms in total. The second-order valence-corrected chi connectivity index (χ2v) is 5.53. The summed E-state index contributed by atoms with van der Waals surface area (Å²) in [4.78, 5) is 4.06. The molecule has 0 spiro atoms. The van der Waals surface area contributed by atoms with Gasteiger partial charge in [0, 0.05) is 29.0 Å². The van der Waals surface area contributed by atoms with Gasteiger partial charge in [0.15, 0.2) is 0 Å². The Bertz CT molecular complexity index is 385. The van der Waals surface area contributed by atoms with E-state index in [2.05, 4.69) is 27.0 Å². The molecule has 2 atom stereocenters. The third-order valence-electron chi connectivity index (χ3n) is 2.00. The Morgan fingerprint density at radius 3 is 2.87 bits per heavy atom. The highest BCUT2D eigenvalue weighted by Gasteiger charge is 2.11. The predicted octanol–water partition coefficient (Wildman–Crippen LogP) is 2.22. The van der Waals surface area contributed by atoms with E-state index < -0.39 is 10.8 Å². The van der Waals surface area contributed by atoms with Gasteiger partial charge in [0.05, 0.1) is 12.0 Å². The fraction of sp³-hybridized carbons (Fsp3) is 0.400. The lowest BCUT2D eigenvalue weighted by atomic mass is 10.0. The van der Waals surface area contributed by atoms with Crippen molar-refractivity contribution in [1.29, 1.82) is 5.26 Å². The van der Waals surface area contributed by atoms with Gasteiger partial charge in [0.1, 0.15) is 4.60 Å². The highest BCUT2D eigenvalue weighted by atomic mass is 79.9. The SMILES string of the molecule is CS(=O)CCC(C#N)c1ccc(Br)nc1. The third-order valence-corrected chi connectivity index (χ3v) is 3.28. The van der Waals surface area contributed by atoms with Crippen molar-refractivity contribution in [2.75, 3.05) is 12.0 Å². The zero-order valence-electron chi connectivity index (χ0n) is 8.31. The van der Waals surface area contributed by atoms with Gasteiger partial charge in [-0.3, -0.25) is 4.21 Å². The molecule has 0 aliphatic carbocycles. The molecule has 0 aliphatic heterocycles. The molecule has 1 aromatic rings. The van der Waals surface area contributed by atoms with Crippen LogP contribution < -0.4 is 0 Å². The summed E-state index contributed by atoms with van der Waals surface area (Å²) in [5.41, 5.74) is 0.881. The van der Waals surface area contributed by atoms with Crippen molar-refractivity contribution >= 4 is 26.7 Å². The van der Waals surface area contributed by atoms with Crippen LogP contribution in [0.5, 0.6) is 0 Å². The Balaban J connectivity index is 2.71. The summed E-state index contributed by atoms with van der Waals surface area (Å²) in [7, 11) is -0.847. The summed E-state index contributed by atoms with van der Waals surface area (Å²) in [6.45, 7) is 0. The highest BCUT2D eigenvalue weighted by molar-refractivity contribution is 9.10. The van der Waals surface area contributed by atoms with E-state index in [4.69, 9.17) is 5.26 Å². The molecular weight excluding hydrogens is 276 g/mol. The van der Waals surface area contributed by atoms with Crippen LogP contribution in [0.4, 0.5) is 0 Å². The van der Waals surface area contributed by atoms with Crippen molar-refractivity contribution < 1.29 is 4.21 Å². The smallest absolute Gasteiger partial charge is 0.106 e. The van der Waals surface area contributed by atoms with Crippen molar-refractivity contribution in [3.8, 4) is 6.07 Å². The maximum absolute atomic E-state index is 10.9. The van der Waals surface area contributed by atoms with Crippen LogP contribution in [0.1, 0.15) is 17.9 Å². The molecule has 0 N–H and O–H groups in total. The molecule has 0 amide bonds. The van der Waals surface area contributed by atoms with Crippen LogP contribution >= 0.6 is 15.9 Å². The minimum absolute atomic E-state index is 0.213. The molecule has 0 fully saturated rings. The molecule has 0 saturated carbocycles. The predicted molar refractivity (Wildman–Crippen MR) is 63.8 cm³/mol. The summed E-state index contributed by atoms with van der Waals surface area (Å²) in [6.07, 6.45) is 3.94. The monoisotopic (exact) mass is 286 g/mol. The number of halogens is 1. The van der Waals surface area contributed by atoms with Gasteiger partial charge < -0.3 is 0 Å². The van der Waals surface area contributed by atoms with Crippen LogP contribution in [0.3, 0.4) is 0 Å². The van der Waals surface area contributed by atoms with Crippen molar-refractivity contribution in [1.82, 2.24) is 4.98 Å². The van der Waals surface area contributed by atoms with E-state index in [0.717, 1.165) is 10.2 Å². The first-order valence-electron chi connectivity index (χ1n) is 4.44. The quantitative estimate of drug-likeness (QED) is 0.798. The lowest BCUT2D eigenvalue weighted by molar-refractivity contribution is 0.681. The molecule has 0 saturated heterocycles. The van der Waals surface area contributed by atoms with Crippen molar-refractivity contribution in [2.24, 2.45) is 0 Å². The molecule has 0 bridgehead atoms. The zero-order valence-corrected chi connectivity index (χ0v) is 10.7. The fourth-order valence-electron chi connectivity index (χ4n) is 1.18. The van der Waals surface area contributed by atoms with Gasteiger partial charge in [0.25, 0.3) is 0 Å². The topological polar surface area (TPSA) is 53.8 Å². The maximum Gasteiger partial charge on any atom is 0.106 e. The summed E-state index contributed by atoms with van der Waals surface area (Å²) >= 11 is 3.24. The van der Waals surface area contributed by atoms with E-state index in [1.165, 1.54) is 0 Å². The Morgan fingerprint density at radius 1 is 1.67 bits per heavy atom. The number of pyridine rings is 1. The Labute approximate surface area is 100 Å². The van der Waals surface area contributed by atoms with Crippen molar-refractivity contribution in [3.05, 3.63) is 28.5 Å². The second kappa shape index (κ2) is 5.99. The van der Waals surface area contributed by atoms with E-state index in [1.54, 1.807) is 12.5 Å². The van der Waals surface area contributed by atoms with E-state index in [1.807, 2.05) is 12.1 Å². The molecule has 1 heterocycles. The summed E-state index contributed by atoms with van der Waals surface area (Å²) in [5.74, 6) is 0.336. The second-order valence-electron chi connectivity index (χ2n) is 3.16. The highest BCUT2D eigenvalue weighted by Crippen LogP contribution is 2.19. The maximum atomic E-state index is 10.9. The zero-order chi connectivity index (χ0) is 11.3. The first-order valence-corrected chi connectivity index (χ1v) is 6.96. The molecule has 2 unspecified atom stereocenters. The van der Waals surface area contributed by atoms with Crippen LogP contribution in [0, 0.1) is 11.3 Å². The molecule has 0 aromatic carbocycles. The van der Waals surface area contributed by atoms with Crippen LogP contribution in [-0.4, -0.2) is 21.2 Å². The third kappa shape index (κ3) is 4.10. The van der Waals surface area contributed by atoms with Gasteiger partial charge in [-0.15, -0.1) is 0 Å². The Kier molecular flexibility index (Phi) is 4.92. The fourth-order valence-corrected chi connectivity index (χ4v) is 1.99.